The lowest BCUT2D eigenvalue weighted by molar-refractivity contribution is -0.141. The van der Waals surface area contributed by atoms with E-state index in [4.69, 9.17) is 5.11 Å². The molecule has 0 aromatic carbocycles. The number of nitrogens with zero attached hydrogens (tertiary/aromatic N) is 1. The summed E-state index contributed by atoms with van der Waals surface area (Å²) in [5, 5.41) is 14.1. The van der Waals surface area contributed by atoms with Crippen molar-refractivity contribution < 1.29 is 19.5 Å². The van der Waals surface area contributed by atoms with Crippen molar-refractivity contribution >= 4 is 24.0 Å². The second kappa shape index (κ2) is 8.39. The standard InChI is InChI=1S/C14H23N3O4/c1-9-6-8-15-12(9)13(19)16-7-4-3-5-11(14(20)21)17-10(2)18/h8-9,11-12H,3-7H2,1-2H3,(H,16,19)(H,17,18)(H,20,21)/t9-,11?,12-/m1/s1. The number of carboxylic acids is 1. The van der Waals surface area contributed by atoms with Gasteiger partial charge in [-0.2, -0.15) is 0 Å². The Morgan fingerprint density at radius 2 is 2.10 bits per heavy atom. The summed E-state index contributed by atoms with van der Waals surface area (Å²) in [5.41, 5.74) is 0. The van der Waals surface area contributed by atoms with E-state index in [2.05, 4.69) is 15.6 Å². The van der Waals surface area contributed by atoms with Crippen molar-refractivity contribution in [1.82, 2.24) is 10.6 Å². The minimum absolute atomic E-state index is 0.0760. The van der Waals surface area contributed by atoms with Gasteiger partial charge >= 0.3 is 5.97 Å². The zero-order chi connectivity index (χ0) is 15.8. The van der Waals surface area contributed by atoms with Crippen LogP contribution in [0.15, 0.2) is 4.99 Å². The van der Waals surface area contributed by atoms with Gasteiger partial charge in [-0.25, -0.2) is 4.79 Å². The molecule has 2 amide bonds. The number of carboxylic acid groups (broad SMARTS) is 1. The summed E-state index contributed by atoms with van der Waals surface area (Å²) in [6.07, 6.45) is 4.23. The number of carbonyl (C=O) groups is 3. The predicted molar refractivity (Wildman–Crippen MR) is 78.2 cm³/mol. The second-order valence-electron chi connectivity index (χ2n) is 5.37. The fraction of sp³-hybridized carbons (Fsp3) is 0.714. The zero-order valence-corrected chi connectivity index (χ0v) is 12.5. The SMILES string of the molecule is CC(=O)NC(CCCCNC(=O)[C@@H]1N=CC[C@H]1C)C(=O)O. The first-order chi connectivity index (χ1) is 9.91. The van der Waals surface area contributed by atoms with E-state index in [9.17, 15) is 14.4 Å². The Hall–Kier alpha value is -1.92. The molecule has 0 radical (unpaired) electrons. The third kappa shape index (κ3) is 5.93. The minimum Gasteiger partial charge on any atom is -0.480 e. The molecular formula is C14H23N3O4. The van der Waals surface area contributed by atoms with Gasteiger partial charge in [0.2, 0.25) is 11.8 Å². The largest absolute Gasteiger partial charge is 0.480 e. The van der Waals surface area contributed by atoms with Crippen LogP contribution in [0.3, 0.4) is 0 Å². The van der Waals surface area contributed by atoms with E-state index >= 15 is 0 Å². The zero-order valence-electron chi connectivity index (χ0n) is 12.5. The lowest BCUT2D eigenvalue weighted by atomic mass is 10.0. The summed E-state index contributed by atoms with van der Waals surface area (Å²) in [5.74, 6) is -1.24. The first-order valence-corrected chi connectivity index (χ1v) is 7.21. The molecule has 3 atom stereocenters. The van der Waals surface area contributed by atoms with E-state index in [1.165, 1.54) is 6.92 Å². The molecule has 0 saturated carbocycles. The van der Waals surface area contributed by atoms with Gasteiger partial charge in [0.25, 0.3) is 0 Å². The molecular weight excluding hydrogens is 274 g/mol. The Labute approximate surface area is 124 Å². The van der Waals surface area contributed by atoms with Crippen LogP contribution in [0.5, 0.6) is 0 Å². The van der Waals surface area contributed by atoms with Crippen molar-refractivity contribution in [1.29, 1.82) is 0 Å². The van der Waals surface area contributed by atoms with Gasteiger partial charge in [0.15, 0.2) is 0 Å². The molecule has 1 aliphatic heterocycles. The van der Waals surface area contributed by atoms with Crippen LogP contribution in [-0.2, 0) is 14.4 Å². The number of unbranched alkanes of at least 4 members (excludes halogenated alkanes) is 1. The number of aliphatic carboxylic acids is 1. The van der Waals surface area contributed by atoms with E-state index in [0.717, 1.165) is 6.42 Å². The summed E-state index contributed by atoms with van der Waals surface area (Å²) >= 11 is 0. The lowest BCUT2D eigenvalue weighted by Gasteiger charge is -2.15. The van der Waals surface area contributed by atoms with Crippen molar-refractivity contribution in [3.63, 3.8) is 0 Å². The summed E-state index contributed by atoms with van der Waals surface area (Å²) in [6, 6.07) is -1.16. The van der Waals surface area contributed by atoms with Crippen LogP contribution < -0.4 is 10.6 Å². The smallest absolute Gasteiger partial charge is 0.326 e. The number of amides is 2. The Bertz CT molecular complexity index is 422. The average molecular weight is 297 g/mol. The van der Waals surface area contributed by atoms with Gasteiger partial charge < -0.3 is 15.7 Å². The second-order valence-corrected chi connectivity index (χ2v) is 5.37. The first kappa shape index (κ1) is 17.1. The highest BCUT2D eigenvalue weighted by Gasteiger charge is 2.26. The molecule has 1 heterocycles. The number of hydrogen-bond acceptors (Lipinski definition) is 4. The van der Waals surface area contributed by atoms with Gasteiger partial charge in [0.05, 0.1) is 0 Å². The normalized spacial score (nSPS) is 21.8. The third-order valence-corrected chi connectivity index (χ3v) is 3.45. The monoisotopic (exact) mass is 297 g/mol. The highest BCUT2D eigenvalue weighted by molar-refractivity contribution is 5.85. The molecule has 0 spiro atoms. The number of carbonyl (C=O) groups excluding carboxylic acids is 2. The molecule has 1 aliphatic rings. The summed E-state index contributed by atoms with van der Waals surface area (Å²) in [7, 11) is 0. The van der Waals surface area contributed by atoms with Gasteiger partial charge in [0, 0.05) is 19.7 Å². The molecule has 118 valence electrons. The maximum absolute atomic E-state index is 11.8. The van der Waals surface area contributed by atoms with E-state index in [1.807, 2.05) is 6.92 Å². The fourth-order valence-corrected chi connectivity index (χ4v) is 2.23. The summed E-state index contributed by atoms with van der Waals surface area (Å²) < 4.78 is 0. The van der Waals surface area contributed by atoms with Crippen LogP contribution in [0.1, 0.15) is 39.5 Å². The number of nitrogens with one attached hydrogen (secondary N) is 2. The molecule has 0 saturated heterocycles. The number of aliphatic imine (C=N–C) groups is 1. The van der Waals surface area contributed by atoms with Gasteiger partial charge in [-0.1, -0.05) is 6.92 Å². The average Bonchev–Trinajstić information content (AvgIpc) is 2.82. The Balaban J connectivity index is 2.18. The van der Waals surface area contributed by atoms with E-state index in [-0.39, 0.29) is 23.8 Å². The van der Waals surface area contributed by atoms with Crippen LogP contribution in [0.2, 0.25) is 0 Å². The Kier molecular flexibility index (Phi) is 6.84. The van der Waals surface area contributed by atoms with Crippen molar-refractivity contribution in [2.24, 2.45) is 10.9 Å². The van der Waals surface area contributed by atoms with Crippen LogP contribution in [0.25, 0.3) is 0 Å². The van der Waals surface area contributed by atoms with Crippen LogP contribution in [-0.4, -0.2) is 47.7 Å². The lowest BCUT2D eigenvalue weighted by Crippen LogP contribution is -2.39. The molecule has 0 aromatic rings. The van der Waals surface area contributed by atoms with Crippen LogP contribution in [0.4, 0.5) is 0 Å². The quantitative estimate of drug-likeness (QED) is 0.561. The highest BCUT2D eigenvalue weighted by Crippen LogP contribution is 2.16. The molecule has 0 aliphatic carbocycles. The van der Waals surface area contributed by atoms with Gasteiger partial charge in [-0.3, -0.25) is 14.6 Å². The molecule has 7 heteroatoms. The van der Waals surface area contributed by atoms with Gasteiger partial charge in [-0.05, 0) is 31.6 Å². The number of rotatable bonds is 8. The minimum atomic E-state index is -1.04. The Morgan fingerprint density at radius 3 is 2.62 bits per heavy atom. The van der Waals surface area contributed by atoms with Gasteiger partial charge in [0.1, 0.15) is 12.1 Å². The third-order valence-electron chi connectivity index (χ3n) is 3.45. The molecule has 1 rings (SSSR count). The maximum atomic E-state index is 11.8. The molecule has 3 N–H and O–H groups in total. The highest BCUT2D eigenvalue weighted by atomic mass is 16.4. The van der Waals surface area contributed by atoms with Crippen molar-refractivity contribution in [2.75, 3.05) is 6.54 Å². The molecule has 7 nitrogen and oxygen atoms in total. The fourth-order valence-electron chi connectivity index (χ4n) is 2.23. The molecule has 1 unspecified atom stereocenters. The maximum Gasteiger partial charge on any atom is 0.326 e. The summed E-state index contributed by atoms with van der Waals surface area (Å²) in [6.45, 7) is 3.77. The van der Waals surface area contributed by atoms with Crippen LogP contribution in [0, 0.1) is 5.92 Å². The van der Waals surface area contributed by atoms with E-state index in [0.29, 0.717) is 25.8 Å². The van der Waals surface area contributed by atoms with Crippen molar-refractivity contribution in [2.45, 2.75) is 51.6 Å². The van der Waals surface area contributed by atoms with E-state index in [1.54, 1.807) is 6.21 Å². The molecule has 0 bridgehead atoms. The summed E-state index contributed by atoms with van der Waals surface area (Å²) in [4.78, 5) is 37.8. The van der Waals surface area contributed by atoms with E-state index < -0.39 is 12.0 Å². The van der Waals surface area contributed by atoms with Crippen molar-refractivity contribution in [3.05, 3.63) is 0 Å². The predicted octanol–water partition coefficient (Wildman–Crippen LogP) is 0.341. The topological polar surface area (TPSA) is 108 Å². The van der Waals surface area contributed by atoms with Crippen molar-refractivity contribution in [3.8, 4) is 0 Å². The van der Waals surface area contributed by atoms with Gasteiger partial charge in [-0.15, -0.1) is 0 Å². The molecule has 0 fully saturated rings. The van der Waals surface area contributed by atoms with Crippen LogP contribution >= 0.6 is 0 Å². The molecule has 21 heavy (non-hydrogen) atoms. The molecule has 0 aromatic heterocycles. The Morgan fingerprint density at radius 1 is 1.38 bits per heavy atom. The number of hydrogen-bond donors (Lipinski definition) is 3. The first-order valence-electron chi connectivity index (χ1n) is 7.21.